The molecule has 9 heteroatoms. The van der Waals surface area contributed by atoms with Crippen LogP contribution in [0.5, 0.6) is 0 Å². The molecular weight excluding hydrogens is 461 g/mol. The molecule has 0 atom stereocenters. The highest BCUT2D eigenvalue weighted by Gasteiger charge is 2.54. The molecular formula is C27H32FN5O3. The monoisotopic (exact) mass is 493 g/mol. The summed E-state index contributed by atoms with van der Waals surface area (Å²) in [5, 5.41) is 2.74. The minimum Gasteiger partial charge on any atom is -0.341 e. The number of hydrogen-bond donors (Lipinski definition) is 1. The molecule has 3 fully saturated rings. The fourth-order valence-corrected chi connectivity index (χ4v) is 5.58. The van der Waals surface area contributed by atoms with E-state index in [1.54, 1.807) is 21.9 Å². The molecule has 190 valence electrons. The van der Waals surface area contributed by atoms with Gasteiger partial charge < -0.3 is 24.9 Å². The fraction of sp³-hybridized carbons (Fsp3) is 0.444. The molecule has 0 bridgehead atoms. The summed E-state index contributed by atoms with van der Waals surface area (Å²) in [4.78, 5) is 47.0. The SMILES string of the molecule is O=C(CN1CN(c2ccccc2)C2(CCN(C(=O)Nc3cccc(F)c3)CC2)C1=O)N1CCCCC1. The van der Waals surface area contributed by atoms with Gasteiger partial charge in [-0.25, -0.2) is 9.18 Å². The zero-order valence-corrected chi connectivity index (χ0v) is 20.4. The smallest absolute Gasteiger partial charge is 0.321 e. The molecule has 3 aliphatic heterocycles. The summed E-state index contributed by atoms with van der Waals surface area (Å²) in [5.74, 6) is -0.471. The Labute approximate surface area is 210 Å². The van der Waals surface area contributed by atoms with Gasteiger partial charge in [0.1, 0.15) is 17.9 Å². The lowest BCUT2D eigenvalue weighted by Crippen LogP contribution is -2.58. The number of urea groups is 1. The zero-order valence-electron chi connectivity index (χ0n) is 20.4. The lowest BCUT2D eigenvalue weighted by Gasteiger charge is -2.43. The van der Waals surface area contributed by atoms with Crippen LogP contribution in [-0.2, 0) is 9.59 Å². The summed E-state index contributed by atoms with van der Waals surface area (Å²) in [7, 11) is 0. The van der Waals surface area contributed by atoms with Gasteiger partial charge in [0.15, 0.2) is 0 Å². The van der Waals surface area contributed by atoms with E-state index in [4.69, 9.17) is 0 Å². The van der Waals surface area contributed by atoms with Crippen LogP contribution < -0.4 is 10.2 Å². The summed E-state index contributed by atoms with van der Waals surface area (Å²) in [6.07, 6.45) is 4.05. The van der Waals surface area contributed by atoms with E-state index >= 15 is 0 Å². The lowest BCUT2D eigenvalue weighted by atomic mass is 9.85. The predicted octanol–water partition coefficient (Wildman–Crippen LogP) is 3.51. The third-order valence-electron chi connectivity index (χ3n) is 7.57. The Balaban J connectivity index is 1.31. The van der Waals surface area contributed by atoms with E-state index in [0.29, 0.717) is 38.3 Å². The average molecular weight is 494 g/mol. The minimum atomic E-state index is -0.806. The van der Waals surface area contributed by atoms with E-state index in [9.17, 15) is 18.8 Å². The van der Waals surface area contributed by atoms with Gasteiger partial charge in [-0.15, -0.1) is 0 Å². The van der Waals surface area contributed by atoms with Gasteiger partial charge in [-0.3, -0.25) is 9.59 Å². The van der Waals surface area contributed by atoms with Gasteiger partial charge in [0.25, 0.3) is 5.91 Å². The van der Waals surface area contributed by atoms with E-state index < -0.39 is 11.4 Å². The number of hydrogen-bond acceptors (Lipinski definition) is 4. The highest BCUT2D eigenvalue weighted by Crippen LogP contribution is 2.39. The quantitative estimate of drug-likeness (QED) is 0.707. The molecule has 0 unspecified atom stereocenters. The highest BCUT2D eigenvalue weighted by molar-refractivity contribution is 5.97. The molecule has 36 heavy (non-hydrogen) atoms. The van der Waals surface area contributed by atoms with Crippen molar-refractivity contribution in [1.82, 2.24) is 14.7 Å². The van der Waals surface area contributed by atoms with Crippen molar-refractivity contribution in [3.05, 3.63) is 60.4 Å². The Hall–Kier alpha value is -3.62. The highest BCUT2D eigenvalue weighted by atomic mass is 19.1. The minimum absolute atomic E-state index is 0.0000174. The second kappa shape index (κ2) is 10.2. The predicted molar refractivity (Wildman–Crippen MR) is 135 cm³/mol. The van der Waals surface area contributed by atoms with Crippen molar-refractivity contribution in [1.29, 1.82) is 0 Å². The number of nitrogens with zero attached hydrogens (tertiary/aromatic N) is 4. The molecule has 0 radical (unpaired) electrons. The maximum absolute atomic E-state index is 13.8. The van der Waals surface area contributed by atoms with Crippen LogP contribution in [0.3, 0.4) is 0 Å². The topological polar surface area (TPSA) is 76.2 Å². The van der Waals surface area contributed by atoms with E-state index in [1.807, 2.05) is 35.2 Å². The van der Waals surface area contributed by atoms with Gasteiger partial charge in [-0.05, 0) is 62.4 Å². The summed E-state index contributed by atoms with van der Waals surface area (Å²) in [6.45, 7) is 2.69. The van der Waals surface area contributed by atoms with Crippen molar-refractivity contribution in [2.45, 2.75) is 37.6 Å². The largest absolute Gasteiger partial charge is 0.341 e. The van der Waals surface area contributed by atoms with E-state index in [1.165, 1.54) is 12.1 Å². The lowest BCUT2D eigenvalue weighted by molar-refractivity contribution is -0.141. The maximum atomic E-state index is 13.8. The summed E-state index contributed by atoms with van der Waals surface area (Å²) in [5.41, 5.74) is 0.515. The Kier molecular flexibility index (Phi) is 6.80. The number of para-hydroxylation sites is 1. The van der Waals surface area contributed by atoms with Crippen molar-refractivity contribution in [2.75, 3.05) is 49.6 Å². The normalized spacial score (nSPS) is 19.6. The summed E-state index contributed by atoms with van der Waals surface area (Å²) in [6, 6.07) is 15.3. The van der Waals surface area contributed by atoms with Gasteiger partial charge in [-0.2, -0.15) is 0 Å². The molecule has 3 saturated heterocycles. The number of carbonyl (C=O) groups is 3. The fourth-order valence-electron chi connectivity index (χ4n) is 5.58. The maximum Gasteiger partial charge on any atom is 0.321 e. The molecule has 1 spiro atoms. The molecule has 2 aromatic rings. The van der Waals surface area contributed by atoms with Crippen LogP contribution in [0.2, 0.25) is 0 Å². The van der Waals surface area contributed by atoms with Gasteiger partial charge in [0, 0.05) is 37.6 Å². The van der Waals surface area contributed by atoms with Gasteiger partial charge in [0.2, 0.25) is 5.91 Å². The zero-order chi connectivity index (χ0) is 25.1. The van der Waals surface area contributed by atoms with Crippen LogP contribution in [0.25, 0.3) is 0 Å². The van der Waals surface area contributed by atoms with Crippen molar-refractivity contribution >= 4 is 29.2 Å². The van der Waals surface area contributed by atoms with Crippen LogP contribution in [-0.4, -0.2) is 77.5 Å². The Bertz CT molecular complexity index is 1110. The molecule has 3 aliphatic rings. The molecule has 5 rings (SSSR count). The molecule has 0 aliphatic carbocycles. The second-order valence-corrected chi connectivity index (χ2v) is 9.81. The Morgan fingerprint density at radius 1 is 0.889 bits per heavy atom. The standard InChI is InChI=1S/C27H32FN5O3/c28-21-8-7-9-22(18-21)29-26(36)31-16-12-27(13-17-31)25(35)32(19-24(34)30-14-5-2-6-15-30)20-33(27)23-10-3-1-4-11-23/h1,3-4,7-11,18H,2,5-6,12-17,19-20H2,(H,29,36). The summed E-state index contributed by atoms with van der Waals surface area (Å²) >= 11 is 0. The number of carbonyl (C=O) groups excluding carboxylic acids is 3. The number of piperidine rings is 2. The Morgan fingerprint density at radius 2 is 1.61 bits per heavy atom. The molecule has 2 aromatic carbocycles. The molecule has 8 nitrogen and oxygen atoms in total. The van der Waals surface area contributed by atoms with E-state index in [0.717, 1.165) is 38.0 Å². The number of rotatable bonds is 4. The van der Waals surface area contributed by atoms with Crippen LogP contribution in [0, 0.1) is 5.82 Å². The van der Waals surface area contributed by atoms with Crippen LogP contribution >= 0.6 is 0 Å². The number of halogens is 1. The second-order valence-electron chi connectivity index (χ2n) is 9.81. The first kappa shape index (κ1) is 24.1. The summed E-state index contributed by atoms with van der Waals surface area (Å²) < 4.78 is 13.5. The molecule has 1 N–H and O–H groups in total. The molecule has 4 amide bonds. The molecule has 0 saturated carbocycles. The van der Waals surface area contributed by atoms with Gasteiger partial charge in [-0.1, -0.05) is 24.3 Å². The van der Waals surface area contributed by atoms with Crippen LogP contribution in [0.4, 0.5) is 20.6 Å². The number of amides is 4. The first-order valence-electron chi connectivity index (χ1n) is 12.7. The first-order chi connectivity index (χ1) is 17.5. The van der Waals surface area contributed by atoms with Gasteiger partial charge >= 0.3 is 6.03 Å². The molecule has 3 heterocycles. The Morgan fingerprint density at radius 3 is 2.31 bits per heavy atom. The van der Waals surface area contributed by atoms with Crippen molar-refractivity contribution in [2.24, 2.45) is 0 Å². The number of likely N-dealkylation sites (tertiary alicyclic amines) is 2. The van der Waals surface area contributed by atoms with Crippen LogP contribution in [0.1, 0.15) is 32.1 Å². The van der Waals surface area contributed by atoms with Crippen molar-refractivity contribution in [3.8, 4) is 0 Å². The molecule has 0 aromatic heterocycles. The van der Waals surface area contributed by atoms with Crippen LogP contribution in [0.15, 0.2) is 54.6 Å². The number of nitrogens with one attached hydrogen (secondary N) is 1. The third kappa shape index (κ3) is 4.74. The number of benzene rings is 2. The van der Waals surface area contributed by atoms with Crippen molar-refractivity contribution < 1.29 is 18.8 Å². The van der Waals surface area contributed by atoms with E-state index in [-0.39, 0.29) is 24.4 Å². The first-order valence-corrected chi connectivity index (χ1v) is 12.7. The van der Waals surface area contributed by atoms with E-state index in [2.05, 4.69) is 10.2 Å². The number of anilines is 2. The third-order valence-corrected chi connectivity index (χ3v) is 7.57. The van der Waals surface area contributed by atoms with Gasteiger partial charge in [0.05, 0.1) is 6.67 Å². The van der Waals surface area contributed by atoms with Crippen molar-refractivity contribution in [3.63, 3.8) is 0 Å². The average Bonchev–Trinajstić information content (AvgIpc) is 3.16.